The van der Waals surface area contributed by atoms with Crippen molar-refractivity contribution in [2.24, 2.45) is 5.92 Å². The Morgan fingerprint density at radius 1 is 1.28 bits per heavy atom. The van der Waals surface area contributed by atoms with Crippen molar-refractivity contribution in [1.82, 2.24) is 15.3 Å². The van der Waals surface area contributed by atoms with Gasteiger partial charge in [-0.2, -0.15) is 0 Å². The molecule has 1 fully saturated rings. The zero-order valence-corrected chi connectivity index (χ0v) is 11.8. The van der Waals surface area contributed by atoms with E-state index in [2.05, 4.69) is 36.1 Å². The summed E-state index contributed by atoms with van der Waals surface area (Å²) in [7, 11) is 0. The minimum Gasteiger partial charge on any atom is -0.310 e. The van der Waals surface area contributed by atoms with Gasteiger partial charge in [0, 0.05) is 36.5 Å². The summed E-state index contributed by atoms with van der Waals surface area (Å²) in [5.74, 6) is 2.46. The van der Waals surface area contributed by atoms with E-state index >= 15 is 0 Å². The Hall–Kier alpha value is -0.960. The monoisotopic (exact) mass is 247 g/mol. The molecule has 100 valence electrons. The molecule has 0 radical (unpaired) electrons. The van der Waals surface area contributed by atoms with Crippen LogP contribution in [0.25, 0.3) is 0 Å². The van der Waals surface area contributed by atoms with Gasteiger partial charge in [0.1, 0.15) is 5.82 Å². The molecule has 1 aliphatic rings. The fraction of sp³-hybridized carbons (Fsp3) is 0.733. The molecule has 1 aromatic rings. The molecule has 0 spiro atoms. The van der Waals surface area contributed by atoms with Gasteiger partial charge in [-0.1, -0.05) is 33.6 Å². The second kappa shape index (κ2) is 6.28. The topological polar surface area (TPSA) is 37.8 Å². The third kappa shape index (κ3) is 3.77. The van der Waals surface area contributed by atoms with Crippen molar-refractivity contribution < 1.29 is 0 Å². The van der Waals surface area contributed by atoms with E-state index in [1.54, 1.807) is 0 Å². The first-order valence-corrected chi connectivity index (χ1v) is 7.19. The normalized spacial score (nSPS) is 24.4. The minimum atomic E-state index is 0.504. The largest absolute Gasteiger partial charge is 0.310 e. The van der Waals surface area contributed by atoms with Crippen molar-refractivity contribution in [3.63, 3.8) is 0 Å². The van der Waals surface area contributed by atoms with E-state index in [4.69, 9.17) is 0 Å². The number of hydrogen-bond acceptors (Lipinski definition) is 3. The van der Waals surface area contributed by atoms with Gasteiger partial charge in [-0.3, -0.25) is 0 Å². The van der Waals surface area contributed by atoms with Crippen LogP contribution >= 0.6 is 0 Å². The van der Waals surface area contributed by atoms with E-state index in [0.717, 1.165) is 18.3 Å². The van der Waals surface area contributed by atoms with Crippen LogP contribution in [0.3, 0.4) is 0 Å². The van der Waals surface area contributed by atoms with Crippen molar-refractivity contribution in [2.75, 3.05) is 0 Å². The van der Waals surface area contributed by atoms with Gasteiger partial charge in [-0.05, 0) is 18.8 Å². The molecule has 2 rings (SSSR count). The predicted octanol–water partition coefficient (Wildman–Crippen LogP) is 3.27. The molecule has 0 aromatic carbocycles. The Morgan fingerprint density at radius 3 is 2.61 bits per heavy atom. The van der Waals surface area contributed by atoms with Crippen molar-refractivity contribution >= 4 is 0 Å². The Kier molecular flexibility index (Phi) is 4.70. The molecule has 1 heterocycles. The second-order valence-electron chi connectivity index (χ2n) is 5.95. The van der Waals surface area contributed by atoms with E-state index in [-0.39, 0.29) is 0 Å². The molecule has 0 saturated heterocycles. The van der Waals surface area contributed by atoms with E-state index in [1.165, 1.54) is 31.2 Å². The van der Waals surface area contributed by atoms with Crippen LogP contribution in [0.1, 0.15) is 63.8 Å². The lowest BCUT2D eigenvalue weighted by Crippen LogP contribution is -2.22. The summed E-state index contributed by atoms with van der Waals surface area (Å²) >= 11 is 0. The van der Waals surface area contributed by atoms with Gasteiger partial charge >= 0.3 is 0 Å². The van der Waals surface area contributed by atoms with Crippen molar-refractivity contribution in [3.05, 3.63) is 23.8 Å². The zero-order chi connectivity index (χ0) is 13.0. The maximum atomic E-state index is 4.56. The Bertz CT molecular complexity index is 359. The van der Waals surface area contributed by atoms with Crippen LogP contribution in [0.15, 0.2) is 12.4 Å². The Balaban J connectivity index is 1.94. The van der Waals surface area contributed by atoms with E-state index < -0.39 is 0 Å². The van der Waals surface area contributed by atoms with Crippen LogP contribution < -0.4 is 5.32 Å². The highest BCUT2D eigenvalue weighted by Gasteiger charge is 2.22. The van der Waals surface area contributed by atoms with Crippen LogP contribution in [0.4, 0.5) is 0 Å². The maximum absolute atomic E-state index is 4.56. The quantitative estimate of drug-likeness (QED) is 0.887. The van der Waals surface area contributed by atoms with E-state index in [1.807, 2.05) is 12.4 Å². The zero-order valence-electron chi connectivity index (χ0n) is 11.8. The second-order valence-corrected chi connectivity index (χ2v) is 5.95. The lowest BCUT2D eigenvalue weighted by atomic mass is 9.82. The first kappa shape index (κ1) is 13.5. The summed E-state index contributed by atoms with van der Waals surface area (Å²) in [6.45, 7) is 7.50. The van der Waals surface area contributed by atoms with Crippen LogP contribution in [0, 0.1) is 5.92 Å². The molecule has 18 heavy (non-hydrogen) atoms. The standard InChI is InChI=1S/C15H25N3/c1-11(2)16-8-13-9-17-15(18-10-13)14-6-4-5-12(3)7-14/h9-12,14,16H,4-8H2,1-3H3. The number of aromatic nitrogens is 2. The molecule has 0 bridgehead atoms. The number of nitrogens with zero attached hydrogens (tertiary/aromatic N) is 2. The molecule has 1 aromatic heterocycles. The average molecular weight is 247 g/mol. The lowest BCUT2D eigenvalue weighted by molar-refractivity contribution is 0.335. The summed E-state index contributed by atoms with van der Waals surface area (Å²) in [5.41, 5.74) is 1.18. The third-order valence-electron chi connectivity index (χ3n) is 3.74. The molecule has 1 N–H and O–H groups in total. The summed E-state index contributed by atoms with van der Waals surface area (Å²) in [6.07, 6.45) is 9.17. The number of hydrogen-bond donors (Lipinski definition) is 1. The first-order valence-electron chi connectivity index (χ1n) is 7.19. The number of nitrogens with one attached hydrogen (secondary N) is 1. The summed E-state index contributed by atoms with van der Waals surface area (Å²) in [4.78, 5) is 9.13. The molecule has 0 aliphatic heterocycles. The van der Waals surface area contributed by atoms with Gasteiger partial charge in [0.05, 0.1) is 0 Å². The molecular weight excluding hydrogens is 222 g/mol. The molecule has 1 saturated carbocycles. The smallest absolute Gasteiger partial charge is 0.131 e. The van der Waals surface area contributed by atoms with Crippen molar-refractivity contribution in [2.45, 2.75) is 65.0 Å². The summed E-state index contributed by atoms with van der Waals surface area (Å²) in [6, 6.07) is 0.504. The SMILES string of the molecule is CC1CCCC(c2ncc(CNC(C)C)cn2)C1. The lowest BCUT2D eigenvalue weighted by Gasteiger charge is -2.25. The average Bonchev–Trinajstić information content (AvgIpc) is 2.37. The predicted molar refractivity (Wildman–Crippen MR) is 74.4 cm³/mol. The molecule has 2 unspecified atom stereocenters. The first-order chi connectivity index (χ1) is 8.65. The van der Waals surface area contributed by atoms with Gasteiger partial charge in [-0.15, -0.1) is 0 Å². The van der Waals surface area contributed by atoms with Crippen LogP contribution in [0.2, 0.25) is 0 Å². The van der Waals surface area contributed by atoms with Gasteiger partial charge < -0.3 is 5.32 Å². The Morgan fingerprint density at radius 2 is 2.00 bits per heavy atom. The van der Waals surface area contributed by atoms with Gasteiger partial charge in [-0.25, -0.2) is 9.97 Å². The van der Waals surface area contributed by atoms with Crippen molar-refractivity contribution in [1.29, 1.82) is 0 Å². The molecule has 2 atom stereocenters. The summed E-state index contributed by atoms with van der Waals surface area (Å²) < 4.78 is 0. The van der Waals surface area contributed by atoms with Gasteiger partial charge in [0.2, 0.25) is 0 Å². The highest BCUT2D eigenvalue weighted by molar-refractivity contribution is 5.08. The molecule has 1 aliphatic carbocycles. The fourth-order valence-electron chi connectivity index (χ4n) is 2.66. The van der Waals surface area contributed by atoms with E-state index in [0.29, 0.717) is 12.0 Å². The van der Waals surface area contributed by atoms with Gasteiger partial charge in [0.25, 0.3) is 0 Å². The molecule has 3 heteroatoms. The van der Waals surface area contributed by atoms with Crippen LogP contribution in [0.5, 0.6) is 0 Å². The Labute approximate surface area is 110 Å². The van der Waals surface area contributed by atoms with E-state index in [9.17, 15) is 0 Å². The van der Waals surface area contributed by atoms with Crippen LogP contribution in [-0.4, -0.2) is 16.0 Å². The van der Waals surface area contributed by atoms with Crippen molar-refractivity contribution in [3.8, 4) is 0 Å². The third-order valence-corrected chi connectivity index (χ3v) is 3.74. The molecular formula is C15H25N3. The highest BCUT2D eigenvalue weighted by Crippen LogP contribution is 2.33. The minimum absolute atomic E-state index is 0.504. The maximum Gasteiger partial charge on any atom is 0.131 e. The molecule has 3 nitrogen and oxygen atoms in total. The molecule has 0 amide bonds. The van der Waals surface area contributed by atoms with Gasteiger partial charge in [0.15, 0.2) is 0 Å². The fourth-order valence-corrected chi connectivity index (χ4v) is 2.66. The number of rotatable bonds is 4. The van der Waals surface area contributed by atoms with Crippen LogP contribution in [-0.2, 0) is 6.54 Å². The highest BCUT2D eigenvalue weighted by atomic mass is 14.9. The summed E-state index contributed by atoms with van der Waals surface area (Å²) in [5, 5.41) is 3.39.